The maximum absolute atomic E-state index is 9.00. The van der Waals surface area contributed by atoms with E-state index in [1.165, 1.54) is 30.6 Å². The van der Waals surface area contributed by atoms with Crippen LogP contribution in [0, 0.1) is 0 Å². The van der Waals surface area contributed by atoms with E-state index in [0.29, 0.717) is 11.3 Å². The van der Waals surface area contributed by atoms with Crippen molar-refractivity contribution in [3.8, 4) is 0 Å². The van der Waals surface area contributed by atoms with Crippen molar-refractivity contribution >= 4 is 28.9 Å². The van der Waals surface area contributed by atoms with Gasteiger partial charge in [0, 0.05) is 23.1 Å². The Balaban J connectivity index is 0.000000280. The Bertz CT molecular complexity index is 307. The van der Waals surface area contributed by atoms with E-state index in [4.69, 9.17) is 21.5 Å². The second kappa shape index (κ2) is 6.92. The molecule has 90 valence electrons. The number of aliphatic carboxylic acids is 1. The molecule has 1 aliphatic carbocycles. The van der Waals surface area contributed by atoms with Gasteiger partial charge in [-0.15, -0.1) is 22.9 Å². The molecular formula is C12H17ClO2S. The molecule has 1 heterocycles. The summed E-state index contributed by atoms with van der Waals surface area (Å²) in [7, 11) is 0. The van der Waals surface area contributed by atoms with Gasteiger partial charge in [0.1, 0.15) is 0 Å². The molecule has 0 aromatic carbocycles. The molecule has 2 unspecified atom stereocenters. The number of rotatable bonds is 1. The van der Waals surface area contributed by atoms with Crippen molar-refractivity contribution in [3.63, 3.8) is 0 Å². The van der Waals surface area contributed by atoms with Gasteiger partial charge in [0.25, 0.3) is 5.97 Å². The van der Waals surface area contributed by atoms with Crippen molar-refractivity contribution in [2.45, 2.75) is 43.9 Å². The summed E-state index contributed by atoms with van der Waals surface area (Å²) in [6.07, 6.45) is 5.15. The van der Waals surface area contributed by atoms with Crippen LogP contribution in [-0.2, 0) is 4.79 Å². The van der Waals surface area contributed by atoms with Crippen LogP contribution in [0.5, 0.6) is 0 Å². The van der Waals surface area contributed by atoms with E-state index in [0.717, 1.165) is 6.92 Å². The van der Waals surface area contributed by atoms with E-state index < -0.39 is 5.97 Å². The van der Waals surface area contributed by atoms with Gasteiger partial charge in [-0.05, 0) is 24.3 Å². The molecule has 1 fully saturated rings. The molecule has 4 heteroatoms. The highest BCUT2D eigenvalue weighted by molar-refractivity contribution is 7.10. The average Bonchev–Trinajstić information content (AvgIpc) is 2.70. The topological polar surface area (TPSA) is 37.3 Å². The Kier molecular flexibility index (Phi) is 5.85. The monoisotopic (exact) mass is 260 g/mol. The summed E-state index contributed by atoms with van der Waals surface area (Å²) in [6, 6.07) is 4.34. The first kappa shape index (κ1) is 13.5. The minimum Gasteiger partial charge on any atom is -0.481 e. The van der Waals surface area contributed by atoms with Crippen molar-refractivity contribution in [2.75, 3.05) is 0 Å². The average molecular weight is 261 g/mol. The Labute approximate surface area is 105 Å². The Morgan fingerprint density at radius 3 is 2.62 bits per heavy atom. The summed E-state index contributed by atoms with van der Waals surface area (Å²) >= 11 is 8.13. The van der Waals surface area contributed by atoms with E-state index in [1.54, 1.807) is 0 Å². The van der Waals surface area contributed by atoms with Crippen LogP contribution in [0.4, 0.5) is 0 Å². The molecule has 0 spiro atoms. The molecule has 0 bridgehead atoms. The second-order valence-corrected chi connectivity index (χ2v) is 5.48. The van der Waals surface area contributed by atoms with Crippen LogP contribution < -0.4 is 0 Å². The summed E-state index contributed by atoms with van der Waals surface area (Å²) in [5.74, 6) is -0.194. The van der Waals surface area contributed by atoms with Crippen molar-refractivity contribution in [3.05, 3.63) is 22.4 Å². The Morgan fingerprint density at radius 1 is 1.50 bits per heavy atom. The third kappa shape index (κ3) is 4.54. The van der Waals surface area contributed by atoms with Crippen LogP contribution in [0.25, 0.3) is 0 Å². The van der Waals surface area contributed by atoms with E-state index in [9.17, 15) is 0 Å². The van der Waals surface area contributed by atoms with E-state index in [-0.39, 0.29) is 0 Å². The van der Waals surface area contributed by atoms with Crippen LogP contribution in [0.1, 0.15) is 43.4 Å². The van der Waals surface area contributed by atoms with Crippen molar-refractivity contribution < 1.29 is 9.90 Å². The highest BCUT2D eigenvalue weighted by Gasteiger charge is 2.24. The van der Waals surface area contributed by atoms with Gasteiger partial charge in [0.05, 0.1) is 0 Å². The maximum Gasteiger partial charge on any atom is 0.300 e. The summed E-state index contributed by atoms with van der Waals surface area (Å²) in [6.45, 7) is 1.08. The predicted molar refractivity (Wildman–Crippen MR) is 68.5 cm³/mol. The van der Waals surface area contributed by atoms with E-state index in [2.05, 4.69) is 17.5 Å². The van der Waals surface area contributed by atoms with E-state index in [1.807, 2.05) is 11.3 Å². The third-order valence-electron chi connectivity index (χ3n) is 2.59. The summed E-state index contributed by atoms with van der Waals surface area (Å²) in [5.41, 5.74) is 0. The fourth-order valence-electron chi connectivity index (χ4n) is 1.91. The molecule has 2 nitrogen and oxygen atoms in total. The molecule has 2 atom stereocenters. The minimum absolute atomic E-state index is 0.386. The van der Waals surface area contributed by atoms with Gasteiger partial charge in [0.2, 0.25) is 0 Å². The molecule has 1 aliphatic rings. The number of hydrogen-bond acceptors (Lipinski definition) is 2. The van der Waals surface area contributed by atoms with Gasteiger partial charge < -0.3 is 5.11 Å². The number of carboxylic acids is 1. The molecule has 0 saturated heterocycles. The summed E-state index contributed by atoms with van der Waals surface area (Å²) in [4.78, 5) is 10.5. The van der Waals surface area contributed by atoms with Crippen LogP contribution in [-0.4, -0.2) is 16.5 Å². The fourth-order valence-corrected chi connectivity index (χ4v) is 3.33. The third-order valence-corrected chi connectivity index (χ3v) is 4.12. The number of hydrogen-bond donors (Lipinski definition) is 1. The van der Waals surface area contributed by atoms with Crippen LogP contribution in [0.3, 0.4) is 0 Å². The molecule has 0 radical (unpaired) electrons. The lowest BCUT2D eigenvalue weighted by Crippen LogP contribution is -2.16. The molecule has 2 rings (SSSR count). The fraction of sp³-hybridized carbons (Fsp3) is 0.583. The first-order valence-electron chi connectivity index (χ1n) is 5.48. The Hall–Kier alpha value is -0.540. The molecule has 16 heavy (non-hydrogen) atoms. The SMILES string of the molecule is CC(=O)O.ClC1CCCCC1c1cccs1. The van der Waals surface area contributed by atoms with Crippen LogP contribution >= 0.6 is 22.9 Å². The van der Waals surface area contributed by atoms with Gasteiger partial charge in [0.15, 0.2) is 0 Å². The molecule has 0 amide bonds. The summed E-state index contributed by atoms with van der Waals surface area (Å²) < 4.78 is 0. The lowest BCUT2D eigenvalue weighted by molar-refractivity contribution is -0.134. The van der Waals surface area contributed by atoms with Crippen molar-refractivity contribution in [1.29, 1.82) is 0 Å². The van der Waals surface area contributed by atoms with Gasteiger partial charge in [-0.1, -0.05) is 18.9 Å². The molecule has 1 aromatic rings. The first-order valence-corrected chi connectivity index (χ1v) is 6.80. The lowest BCUT2D eigenvalue weighted by atomic mass is 9.88. The van der Waals surface area contributed by atoms with Gasteiger partial charge in [-0.25, -0.2) is 0 Å². The lowest BCUT2D eigenvalue weighted by Gasteiger charge is -2.25. The molecular weight excluding hydrogens is 244 g/mol. The molecule has 1 aromatic heterocycles. The molecule has 1 saturated carbocycles. The zero-order valence-corrected chi connectivity index (χ0v) is 10.9. The smallest absolute Gasteiger partial charge is 0.300 e. The van der Waals surface area contributed by atoms with Gasteiger partial charge in [-0.3, -0.25) is 4.79 Å². The predicted octanol–water partition coefficient (Wildman–Crippen LogP) is 4.10. The summed E-state index contributed by atoms with van der Waals surface area (Å²) in [5, 5.41) is 9.95. The zero-order valence-electron chi connectivity index (χ0n) is 9.36. The first-order chi connectivity index (χ1) is 7.61. The Morgan fingerprint density at radius 2 is 2.12 bits per heavy atom. The van der Waals surface area contributed by atoms with Gasteiger partial charge in [-0.2, -0.15) is 0 Å². The van der Waals surface area contributed by atoms with Crippen LogP contribution in [0.15, 0.2) is 17.5 Å². The number of carbonyl (C=O) groups is 1. The largest absolute Gasteiger partial charge is 0.481 e. The molecule has 1 N–H and O–H groups in total. The standard InChI is InChI=1S/C10H13ClS.C2H4O2/c11-9-5-2-1-4-8(9)10-6-3-7-12-10;1-2(3)4/h3,6-9H,1-2,4-5H2;1H3,(H,3,4). The van der Waals surface area contributed by atoms with Crippen LogP contribution in [0.2, 0.25) is 0 Å². The zero-order chi connectivity index (χ0) is 12.0. The number of alkyl halides is 1. The number of carboxylic acid groups (broad SMARTS) is 1. The van der Waals surface area contributed by atoms with Crippen molar-refractivity contribution in [2.24, 2.45) is 0 Å². The van der Waals surface area contributed by atoms with Gasteiger partial charge >= 0.3 is 0 Å². The quantitative estimate of drug-likeness (QED) is 0.772. The number of halogens is 1. The molecule has 0 aliphatic heterocycles. The normalized spacial score (nSPS) is 24.4. The second-order valence-electron chi connectivity index (χ2n) is 3.94. The highest BCUT2D eigenvalue weighted by atomic mass is 35.5. The number of thiophene rings is 1. The maximum atomic E-state index is 9.00. The highest BCUT2D eigenvalue weighted by Crippen LogP contribution is 2.38. The van der Waals surface area contributed by atoms with E-state index >= 15 is 0 Å². The van der Waals surface area contributed by atoms with Crippen molar-refractivity contribution in [1.82, 2.24) is 0 Å². The minimum atomic E-state index is -0.833.